The number of H-pyrrole nitrogens is 1. The van der Waals surface area contributed by atoms with Crippen molar-refractivity contribution in [1.29, 1.82) is 0 Å². The molecule has 0 spiro atoms. The summed E-state index contributed by atoms with van der Waals surface area (Å²) >= 11 is 7.98. The maximum Gasteiger partial charge on any atom is 0.407 e. The van der Waals surface area contributed by atoms with E-state index in [1.54, 1.807) is 33.2 Å². The third kappa shape index (κ3) is 4.39. The molecule has 4 aromatic rings. The number of ether oxygens (including phenoxy) is 1. The zero-order valence-electron chi connectivity index (χ0n) is 17.8. The molecule has 0 aliphatic heterocycles. The highest BCUT2D eigenvalue weighted by molar-refractivity contribution is 7.14. The summed E-state index contributed by atoms with van der Waals surface area (Å²) < 4.78 is 7.16. The third-order valence-electron chi connectivity index (χ3n) is 4.63. The summed E-state index contributed by atoms with van der Waals surface area (Å²) in [4.78, 5) is 37.2. The number of thiophene rings is 1. The first-order chi connectivity index (χ1) is 15.3. The fourth-order valence-corrected chi connectivity index (χ4v) is 4.68. The number of fused-ring (bicyclic) bond motifs is 1. The molecule has 0 aliphatic carbocycles. The lowest BCUT2D eigenvalue weighted by molar-refractivity contribution is 0.0526. The molecule has 0 saturated carbocycles. The SMILES string of the molecule is CC(C)(C)OC(=O)NCCn1c(-c2sccc2Cl)c(-c2cccnc2)c2nc[nH]c(=O)c21. The molecule has 0 fully saturated rings. The van der Waals surface area contributed by atoms with Crippen molar-refractivity contribution in [2.75, 3.05) is 6.54 Å². The van der Waals surface area contributed by atoms with Gasteiger partial charge in [0.2, 0.25) is 0 Å². The van der Waals surface area contributed by atoms with Crippen molar-refractivity contribution in [1.82, 2.24) is 24.8 Å². The average molecular weight is 472 g/mol. The molecule has 8 nitrogen and oxygen atoms in total. The monoisotopic (exact) mass is 471 g/mol. The van der Waals surface area contributed by atoms with E-state index < -0.39 is 11.7 Å². The van der Waals surface area contributed by atoms with Crippen LogP contribution in [0, 0.1) is 0 Å². The Bertz CT molecular complexity index is 1320. The van der Waals surface area contributed by atoms with E-state index in [9.17, 15) is 9.59 Å². The van der Waals surface area contributed by atoms with Gasteiger partial charge in [0.1, 0.15) is 16.6 Å². The van der Waals surface area contributed by atoms with E-state index in [-0.39, 0.29) is 12.1 Å². The Morgan fingerprint density at radius 1 is 1.34 bits per heavy atom. The van der Waals surface area contributed by atoms with Gasteiger partial charge in [-0.3, -0.25) is 9.78 Å². The fourth-order valence-electron chi connectivity index (χ4n) is 3.48. The third-order valence-corrected chi connectivity index (χ3v) is 5.98. The molecule has 0 atom stereocenters. The summed E-state index contributed by atoms with van der Waals surface area (Å²) in [6.45, 7) is 5.96. The number of amides is 1. The number of halogens is 1. The van der Waals surface area contributed by atoms with Gasteiger partial charge in [0.05, 0.1) is 21.9 Å². The van der Waals surface area contributed by atoms with Gasteiger partial charge < -0.3 is 19.6 Å². The molecule has 4 aromatic heterocycles. The van der Waals surface area contributed by atoms with Crippen molar-refractivity contribution in [3.05, 3.63) is 57.7 Å². The molecule has 0 aromatic carbocycles. The van der Waals surface area contributed by atoms with Crippen molar-refractivity contribution < 1.29 is 9.53 Å². The Labute approximate surface area is 193 Å². The van der Waals surface area contributed by atoms with Gasteiger partial charge in [0, 0.05) is 36.6 Å². The summed E-state index contributed by atoms with van der Waals surface area (Å²) in [6.07, 6.45) is 4.27. The van der Waals surface area contributed by atoms with E-state index in [1.807, 2.05) is 28.1 Å². The van der Waals surface area contributed by atoms with Gasteiger partial charge in [-0.25, -0.2) is 9.78 Å². The molecule has 2 N–H and O–H groups in total. The van der Waals surface area contributed by atoms with E-state index in [0.29, 0.717) is 22.6 Å². The highest BCUT2D eigenvalue weighted by atomic mass is 35.5. The van der Waals surface area contributed by atoms with Gasteiger partial charge in [0.15, 0.2) is 0 Å². The molecule has 166 valence electrons. The van der Waals surface area contributed by atoms with E-state index in [2.05, 4.69) is 20.3 Å². The summed E-state index contributed by atoms with van der Waals surface area (Å²) in [5, 5.41) is 5.21. The first-order valence-corrected chi connectivity index (χ1v) is 11.2. The summed E-state index contributed by atoms with van der Waals surface area (Å²) in [6, 6.07) is 5.56. The first kappa shape index (κ1) is 22.0. The standard InChI is InChI=1S/C22H22ClN5O3S/c1-22(2,3)31-21(30)25-8-9-28-17(19-14(23)6-10-32-19)15(13-5-4-7-24-11-13)16-18(28)20(29)27-12-26-16/h4-7,10-12H,8-9H2,1-3H3,(H,25,30)(H,26,27,29). The van der Waals surface area contributed by atoms with Crippen molar-refractivity contribution in [2.24, 2.45) is 0 Å². The van der Waals surface area contributed by atoms with Crippen molar-refractivity contribution in [3.63, 3.8) is 0 Å². The molecule has 4 heterocycles. The molecule has 0 radical (unpaired) electrons. The van der Waals surface area contributed by atoms with E-state index in [4.69, 9.17) is 16.3 Å². The van der Waals surface area contributed by atoms with Crippen LogP contribution in [0.4, 0.5) is 4.79 Å². The number of aromatic amines is 1. The van der Waals surface area contributed by atoms with Gasteiger partial charge in [-0.1, -0.05) is 17.7 Å². The van der Waals surface area contributed by atoms with Crippen LogP contribution in [0.3, 0.4) is 0 Å². The molecular weight excluding hydrogens is 450 g/mol. The summed E-state index contributed by atoms with van der Waals surface area (Å²) in [7, 11) is 0. The molecular formula is C22H22ClN5O3S. The second kappa shape index (κ2) is 8.76. The smallest absolute Gasteiger partial charge is 0.407 e. The predicted molar refractivity (Wildman–Crippen MR) is 126 cm³/mol. The molecule has 1 amide bonds. The molecule has 0 bridgehead atoms. The maximum atomic E-state index is 12.9. The molecule has 32 heavy (non-hydrogen) atoms. The minimum atomic E-state index is -0.603. The van der Waals surface area contributed by atoms with E-state index >= 15 is 0 Å². The number of nitrogens with one attached hydrogen (secondary N) is 2. The lowest BCUT2D eigenvalue weighted by atomic mass is 10.1. The van der Waals surface area contributed by atoms with Crippen molar-refractivity contribution in [2.45, 2.75) is 32.9 Å². The van der Waals surface area contributed by atoms with Gasteiger partial charge in [-0.15, -0.1) is 11.3 Å². The van der Waals surface area contributed by atoms with Crippen LogP contribution in [0.2, 0.25) is 5.02 Å². The van der Waals surface area contributed by atoms with Crippen LogP contribution >= 0.6 is 22.9 Å². The Balaban J connectivity index is 1.85. The minimum Gasteiger partial charge on any atom is -0.444 e. The number of pyridine rings is 1. The van der Waals surface area contributed by atoms with Crippen LogP contribution in [-0.2, 0) is 11.3 Å². The number of carbonyl (C=O) groups is 1. The predicted octanol–water partition coefficient (Wildman–Crippen LogP) is 4.69. The van der Waals surface area contributed by atoms with Gasteiger partial charge in [-0.05, 0) is 38.3 Å². The average Bonchev–Trinajstić information content (AvgIpc) is 3.29. The second-order valence-corrected chi connectivity index (χ2v) is 9.40. The number of rotatable bonds is 5. The Hall–Kier alpha value is -3.17. The quantitative estimate of drug-likeness (QED) is 0.439. The number of nitrogens with zero attached hydrogens (tertiary/aromatic N) is 3. The normalized spacial score (nSPS) is 11.6. The van der Waals surface area contributed by atoms with Crippen LogP contribution in [-0.4, -0.2) is 37.8 Å². The number of hydrogen-bond donors (Lipinski definition) is 2. The van der Waals surface area contributed by atoms with E-state index in [0.717, 1.165) is 21.7 Å². The number of hydrogen-bond acceptors (Lipinski definition) is 6. The Morgan fingerprint density at radius 3 is 2.81 bits per heavy atom. The lowest BCUT2D eigenvalue weighted by Gasteiger charge is -2.20. The zero-order valence-corrected chi connectivity index (χ0v) is 19.4. The number of alkyl carbamates (subject to hydrolysis) is 1. The minimum absolute atomic E-state index is 0.246. The molecule has 0 unspecified atom stereocenters. The largest absolute Gasteiger partial charge is 0.444 e. The van der Waals surface area contributed by atoms with E-state index in [1.165, 1.54) is 17.7 Å². The van der Waals surface area contributed by atoms with Crippen LogP contribution in [0.25, 0.3) is 32.7 Å². The number of aromatic nitrogens is 4. The summed E-state index contributed by atoms with van der Waals surface area (Å²) in [5.41, 5.74) is 2.39. The Kier molecular flexibility index (Phi) is 6.03. The van der Waals surface area contributed by atoms with Gasteiger partial charge >= 0.3 is 6.09 Å². The summed E-state index contributed by atoms with van der Waals surface area (Å²) in [5.74, 6) is 0. The molecule has 0 saturated heterocycles. The lowest BCUT2D eigenvalue weighted by Crippen LogP contribution is -2.34. The maximum absolute atomic E-state index is 12.9. The molecule has 4 rings (SSSR count). The highest BCUT2D eigenvalue weighted by Crippen LogP contribution is 2.43. The van der Waals surface area contributed by atoms with Crippen LogP contribution < -0.4 is 10.9 Å². The van der Waals surface area contributed by atoms with Crippen molar-refractivity contribution in [3.8, 4) is 21.7 Å². The molecule has 0 aliphatic rings. The van der Waals surface area contributed by atoms with Crippen LogP contribution in [0.15, 0.2) is 47.1 Å². The zero-order chi connectivity index (χ0) is 22.9. The first-order valence-electron chi connectivity index (χ1n) is 9.97. The van der Waals surface area contributed by atoms with Crippen molar-refractivity contribution >= 4 is 40.1 Å². The van der Waals surface area contributed by atoms with Gasteiger partial charge in [-0.2, -0.15) is 0 Å². The van der Waals surface area contributed by atoms with Crippen LogP contribution in [0.1, 0.15) is 20.8 Å². The Morgan fingerprint density at radius 2 is 2.16 bits per heavy atom. The second-order valence-electron chi connectivity index (χ2n) is 8.07. The van der Waals surface area contributed by atoms with Crippen LogP contribution in [0.5, 0.6) is 0 Å². The highest BCUT2D eigenvalue weighted by Gasteiger charge is 2.25. The molecule has 10 heteroatoms. The topological polar surface area (TPSA) is 102 Å². The van der Waals surface area contributed by atoms with Gasteiger partial charge in [0.25, 0.3) is 5.56 Å². The fraction of sp³-hybridized carbons (Fsp3) is 0.273. The number of carbonyl (C=O) groups excluding carboxylic acids is 1.